The maximum absolute atomic E-state index is 13.7. The second-order valence-corrected chi connectivity index (χ2v) is 3.99. The molecule has 1 aromatic carbocycles. The summed E-state index contributed by atoms with van der Waals surface area (Å²) in [5.74, 6) is 0.0971. The highest BCUT2D eigenvalue weighted by atomic mass is 35.5. The minimum atomic E-state index is -0.425. The van der Waals surface area contributed by atoms with Gasteiger partial charge in [0.05, 0.1) is 6.04 Å². The van der Waals surface area contributed by atoms with Gasteiger partial charge in [0, 0.05) is 5.02 Å². The van der Waals surface area contributed by atoms with Crippen LogP contribution in [0.2, 0.25) is 5.02 Å². The van der Waals surface area contributed by atoms with Crippen LogP contribution in [0.3, 0.4) is 0 Å². The lowest BCUT2D eigenvalue weighted by Crippen LogP contribution is -2.18. The molecule has 1 unspecified atom stereocenters. The molecule has 0 radical (unpaired) electrons. The topological polar surface area (TPSA) is 55.6 Å². The number of nitrogens with one attached hydrogen (secondary N) is 1. The maximum Gasteiger partial charge on any atom is 0.173 e. The number of rotatable bonds is 3. The van der Waals surface area contributed by atoms with Gasteiger partial charge in [-0.3, -0.25) is 0 Å². The highest BCUT2D eigenvalue weighted by molar-refractivity contribution is 6.30. The fourth-order valence-electron chi connectivity index (χ4n) is 1.41. The lowest BCUT2D eigenvalue weighted by molar-refractivity contribution is 0.566. The molecule has 1 N–H and O–H groups in total. The largest absolute Gasteiger partial charge is 0.311 e. The van der Waals surface area contributed by atoms with Crippen LogP contribution >= 0.6 is 11.6 Å². The van der Waals surface area contributed by atoms with Crippen molar-refractivity contribution in [2.45, 2.75) is 13.0 Å². The summed E-state index contributed by atoms with van der Waals surface area (Å²) in [6, 6.07) is 4.15. The van der Waals surface area contributed by atoms with Crippen LogP contribution in [-0.2, 0) is 0 Å². The van der Waals surface area contributed by atoms with E-state index < -0.39 is 5.82 Å². The van der Waals surface area contributed by atoms with E-state index in [-0.39, 0.29) is 11.7 Å². The van der Waals surface area contributed by atoms with E-state index in [2.05, 4.69) is 20.8 Å². The van der Waals surface area contributed by atoms with Crippen molar-refractivity contribution in [1.82, 2.24) is 25.5 Å². The fourth-order valence-corrected chi connectivity index (χ4v) is 1.58. The number of nitrogens with zero attached hydrogens (tertiary/aromatic N) is 4. The summed E-state index contributed by atoms with van der Waals surface area (Å²) in [5.41, 5.74) is 0.236. The van der Waals surface area contributed by atoms with E-state index in [0.717, 1.165) is 0 Å². The molecule has 17 heavy (non-hydrogen) atoms. The number of hydrogen-bond donors (Lipinski definition) is 1. The average Bonchev–Trinajstić information content (AvgIpc) is 2.80. The van der Waals surface area contributed by atoms with Gasteiger partial charge < -0.3 is 5.32 Å². The van der Waals surface area contributed by atoms with Gasteiger partial charge in [-0.25, -0.2) is 4.39 Å². The Kier molecular flexibility index (Phi) is 3.35. The molecule has 1 aromatic heterocycles. The number of aromatic nitrogens is 4. The molecule has 0 aliphatic heterocycles. The quantitative estimate of drug-likeness (QED) is 0.908. The van der Waals surface area contributed by atoms with Gasteiger partial charge in [-0.05, 0) is 42.6 Å². The van der Waals surface area contributed by atoms with Crippen LogP contribution in [0, 0.1) is 5.82 Å². The highest BCUT2D eigenvalue weighted by Crippen LogP contribution is 2.20. The molecule has 0 spiro atoms. The summed E-state index contributed by atoms with van der Waals surface area (Å²) in [7, 11) is 1.78. The molecule has 0 aliphatic carbocycles. The molecular weight excluding hydrogens is 245 g/mol. The predicted octanol–water partition coefficient (Wildman–Crippen LogP) is 1.74. The van der Waals surface area contributed by atoms with E-state index in [1.807, 2.05) is 6.92 Å². The van der Waals surface area contributed by atoms with Crippen LogP contribution in [0.25, 0.3) is 5.69 Å². The van der Waals surface area contributed by atoms with Crippen molar-refractivity contribution in [2.75, 3.05) is 7.05 Å². The van der Waals surface area contributed by atoms with Crippen molar-refractivity contribution >= 4 is 11.6 Å². The van der Waals surface area contributed by atoms with Crippen LogP contribution in [0.1, 0.15) is 18.8 Å². The SMILES string of the molecule is CNC(C)c1nnnn1-c1cc(Cl)ccc1F. The van der Waals surface area contributed by atoms with Gasteiger partial charge in [-0.1, -0.05) is 11.6 Å². The summed E-state index contributed by atoms with van der Waals surface area (Å²) >= 11 is 5.84. The molecular formula is C10H11ClFN5. The van der Waals surface area contributed by atoms with E-state index in [9.17, 15) is 4.39 Å². The van der Waals surface area contributed by atoms with Crippen molar-refractivity contribution in [3.8, 4) is 5.69 Å². The first-order valence-corrected chi connectivity index (χ1v) is 5.42. The number of hydrogen-bond acceptors (Lipinski definition) is 4. The van der Waals surface area contributed by atoms with E-state index in [1.165, 1.54) is 22.9 Å². The summed E-state index contributed by atoms with van der Waals surface area (Å²) in [5, 5.41) is 14.6. The third kappa shape index (κ3) is 2.27. The fraction of sp³-hybridized carbons (Fsp3) is 0.300. The minimum Gasteiger partial charge on any atom is -0.311 e. The van der Waals surface area contributed by atoms with Crippen molar-refractivity contribution in [2.24, 2.45) is 0 Å². The number of halogens is 2. The predicted molar refractivity (Wildman–Crippen MR) is 61.6 cm³/mol. The molecule has 90 valence electrons. The van der Waals surface area contributed by atoms with E-state index in [0.29, 0.717) is 10.8 Å². The van der Waals surface area contributed by atoms with Gasteiger partial charge in [0.25, 0.3) is 0 Å². The van der Waals surface area contributed by atoms with Gasteiger partial charge in [0.2, 0.25) is 0 Å². The Labute approximate surface area is 103 Å². The molecule has 2 rings (SSSR count). The van der Waals surface area contributed by atoms with Crippen LogP contribution in [0.15, 0.2) is 18.2 Å². The first kappa shape index (κ1) is 11.9. The van der Waals surface area contributed by atoms with Crippen LogP contribution < -0.4 is 5.32 Å². The molecule has 2 aromatic rings. The Balaban J connectivity index is 2.53. The molecule has 0 aliphatic rings. The maximum atomic E-state index is 13.7. The van der Waals surface area contributed by atoms with Crippen LogP contribution in [-0.4, -0.2) is 27.3 Å². The second-order valence-electron chi connectivity index (χ2n) is 3.55. The number of tetrazole rings is 1. The summed E-state index contributed by atoms with van der Waals surface area (Å²) in [6.45, 7) is 1.88. The van der Waals surface area contributed by atoms with Gasteiger partial charge >= 0.3 is 0 Å². The lowest BCUT2D eigenvalue weighted by Gasteiger charge is -2.10. The normalized spacial score (nSPS) is 12.7. The number of benzene rings is 1. The Bertz CT molecular complexity index is 527. The zero-order valence-corrected chi connectivity index (χ0v) is 10.1. The average molecular weight is 256 g/mol. The molecule has 0 saturated carbocycles. The first-order valence-electron chi connectivity index (χ1n) is 5.04. The van der Waals surface area contributed by atoms with Crippen molar-refractivity contribution in [3.63, 3.8) is 0 Å². The zero-order chi connectivity index (χ0) is 12.4. The molecule has 7 heteroatoms. The molecule has 0 fully saturated rings. The molecule has 1 heterocycles. The van der Waals surface area contributed by atoms with Crippen molar-refractivity contribution < 1.29 is 4.39 Å². The van der Waals surface area contributed by atoms with E-state index >= 15 is 0 Å². The second kappa shape index (κ2) is 4.77. The zero-order valence-electron chi connectivity index (χ0n) is 9.35. The summed E-state index contributed by atoms with van der Waals surface area (Å²) in [6.07, 6.45) is 0. The minimum absolute atomic E-state index is 0.0941. The summed E-state index contributed by atoms with van der Waals surface area (Å²) in [4.78, 5) is 0. The molecule has 5 nitrogen and oxygen atoms in total. The van der Waals surface area contributed by atoms with Crippen molar-refractivity contribution in [3.05, 3.63) is 34.9 Å². The smallest absolute Gasteiger partial charge is 0.173 e. The van der Waals surface area contributed by atoms with Crippen molar-refractivity contribution in [1.29, 1.82) is 0 Å². The van der Waals surface area contributed by atoms with Gasteiger partial charge in [0.1, 0.15) is 11.5 Å². The lowest BCUT2D eigenvalue weighted by atomic mass is 10.2. The third-order valence-corrected chi connectivity index (χ3v) is 2.69. The van der Waals surface area contributed by atoms with Crippen LogP contribution in [0.5, 0.6) is 0 Å². The Hall–Kier alpha value is -1.53. The molecule has 0 saturated heterocycles. The summed E-state index contributed by atoms with van der Waals surface area (Å²) < 4.78 is 15.0. The molecule has 0 bridgehead atoms. The van der Waals surface area contributed by atoms with E-state index in [4.69, 9.17) is 11.6 Å². The first-order chi connectivity index (χ1) is 8.13. The van der Waals surface area contributed by atoms with Gasteiger partial charge in [-0.15, -0.1) is 5.10 Å². The molecule has 0 amide bonds. The van der Waals surface area contributed by atoms with Gasteiger partial charge in [0.15, 0.2) is 5.82 Å². The Morgan fingerprint density at radius 3 is 2.94 bits per heavy atom. The van der Waals surface area contributed by atoms with Gasteiger partial charge in [-0.2, -0.15) is 4.68 Å². The highest BCUT2D eigenvalue weighted by Gasteiger charge is 2.16. The molecule has 1 atom stereocenters. The van der Waals surface area contributed by atoms with Crippen LogP contribution in [0.4, 0.5) is 4.39 Å². The Morgan fingerprint density at radius 1 is 1.47 bits per heavy atom. The Morgan fingerprint density at radius 2 is 2.24 bits per heavy atom. The monoisotopic (exact) mass is 255 g/mol. The third-order valence-electron chi connectivity index (χ3n) is 2.45. The standard InChI is InChI=1S/C10H11ClFN5/c1-6(13-2)10-14-15-16-17(10)9-5-7(11)3-4-8(9)12/h3-6,13H,1-2H3. The van der Waals surface area contributed by atoms with E-state index in [1.54, 1.807) is 7.05 Å².